The van der Waals surface area contributed by atoms with Crippen LogP contribution in [-0.4, -0.2) is 44.7 Å². The van der Waals surface area contributed by atoms with Gasteiger partial charge in [-0.2, -0.15) is 0 Å². The van der Waals surface area contributed by atoms with Gasteiger partial charge in [0.25, 0.3) is 5.91 Å². The summed E-state index contributed by atoms with van der Waals surface area (Å²) >= 11 is 0. The molecule has 184 valence electrons. The lowest BCUT2D eigenvalue weighted by Crippen LogP contribution is -2.47. The molecule has 1 heterocycles. The second-order valence-electron chi connectivity index (χ2n) is 8.69. The highest BCUT2D eigenvalue weighted by Crippen LogP contribution is 2.40. The van der Waals surface area contributed by atoms with E-state index < -0.39 is 0 Å². The average Bonchev–Trinajstić information content (AvgIpc) is 2.88. The quantitative estimate of drug-likeness (QED) is 0.506. The minimum Gasteiger partial charge on any atom is -0.497 e. The Morgan fingerprint density at radius 1 is 1.03 bits per heavy atom. The highest BCUT2D eigenvalue weighted by atomic mass is 19.1. The normalized spacial score (nSPS) is 16.2. The first-order valence-corrected chi connectivity index (χ1v) is 11.6. The molecule has 35 heavy (non-hydrogen) atoms. The average molecular weight is 479 g/mol. The van der Waals surface area contributed by atoms with Crippen LogP contribution in [0.2, 0.25) is 0 Å². The van der Waals surface area contributed by atoms with Gasteiger partial charge in [0.2, 0.25) is 0 Å². The van der Waals surface area contributed by atoms with Crippen LogP contribution in [0.3, 0.4) is 0 Å². The van der Waals surface area contributed by atoms with Crippen LogP contribution >= 0.6 is 0 Å². The third-order valence-electron chi connectivity index (χ3n) is 6.49. The Bertz CT molecular complexity index is 1180. The van der Waals surface area contributed by atoms with Gasteiger partial charge in [-0.15, -0.1) is 0 Å². The number of methoxy groups -OCH3 is 3. The Morgan fingerprint density at radius 3 is 2.43 bits per heavy atom. The van der Waals surface area contributed by atoms with Crippen LogP contribution in [0.4, 0.5) is 4.39 Å². The number of carbonyl (C=O) groups excluding carboxylic acids is 1. The molecule has 1 aliphatic heterocycles. The van der Waals surface area contributed by atoms with Crippen molar-refractivity contribution >= 4 is 5.91 Å². The molecule has 1 N–H and O–H groups in total. The second kappa shape index (κ2) is 10.8. The van der Waals surface area contributed by atoms with Gasteiger partial charge in [-0.1, -0.05) is 18.2 Å². The monoisotopic (exact) mass is 478 g/mol. The van der Waals surface area contributed by atoms with Gasteiger partial charge in [0.05, 0.1) is 27.4 Å². The number of amides is 1. The van der Waals surface area contributed by atoms with E-state index in [4.69, 9.17) is 14.2 Å². The van der Waals surface area contributed by atoms with Crippen molar-refractivity contribution in [3.63, 3.8) is 0 Å². The van der Waals surface area contributed by atoms with E-state index >= 15 is 0 Å². The fourth-order valence-corrected chi connectivity index (χ4v) is 4.75. The summed E-state index contributed by atoms with van der Waals surface area (Å²) in [4.78, 5) is 15.4. The lowest BCUT2D eigenvalue weighted by molar-refractivity contribution is 0.0877. The molecule has 1 amide bonds. The van der Waals surface area contributed by atoms with Crippen LogP contribution in [0.15, 0.2) is 60.7 Å². The summed E-state index contributed by atoms with van der Waals surface area (Å²) in [6.07, 6.45) is 0.823. The van der Waals surface area contributed by atoms with Gasteiger partial charge in [-0.05, 0) is 72.5 Å². The number of benzene rings is 3. The molecule has 2 unspecified atom stereocenters. The molecule has 0 fully saturated rings. The Kier molecular flexibility index (Phi) is 7.56. The number of carbonyl (C=O) groups is 1. The van der Waals surface area contributed by atoms with Crippen molar-refractivity contribution in [3.8, 4) is 17.2 Å². The molecule has 0 radical (unpaired) electrons. The summed E-state index contributed by atoms with van der Waals surface area (Å²) in [6, 6.07) is 17.3. The summed E-state index contributed by atoms with van der Waals surface area (Å²) in [5.74, 6) is 1.52. The number of halogens is 1. The third-order valence-corrected chi connectivity index (χ3v) is 6.49. The maximum atomic E-state index is 13.5. The smallest absolute Gasteiger partial charge is 0.251 e. The molecule has 0 bridgehead atoms. The summed E-state index contributed by atoms with van der Waals surface area (Å²) in [5.41, 5.74) is 3.77. The van der Waals surface area contributed by atoms with Crippen molar-refractivity contribution < 1.29 is 23.4 Å². The van der Waals surface area contributed by atoms with E-state index in [2.05, 4.69) is 10.2 Å². The Balaban J connectivity index is 1.67. The zero-order valence-electron chi connectivity index (χ0n) is 20.5. The molecule has 0 aliphatic carbocycles. The molecule has 0 aromatic heterocycles. The molecule has 7 heteroatoms. The first-order valence-electron chi connectivity index (χ1n) is 11.6. The van der Waals surface area contributed by atoms with Crippen LogP contribution in [0.25, 0.3) is 0 Å². The summed E-state index contributed by atoms with van der Waals surface area (Å²) in [7, 11) is 4.82. The maximum absolute atomic E-state index is 13.5. The zero-order valence-corrected chi connectivity index (χ0v) is 20.5. The SMILES string of the molecule is COc1cccc(C(=O)NC(C)C2c3cc(OC)c(OC)cc3CCN2Cc2ccc(F)cc2)c1. The van der Waals surface area contributed by atoms with Crippen molar-refractivity contribution in [1.29, 1.82) is 0 Å². The van der Waals surface area contributed by atoms with Gasteiger partial charge in [0.15, 0.2) is 11.5 Å². The zero-order chi connectivity index (χ0) is 24.9. The first kappa shape index (κ1) is 24.5. The molecule has 0 saturated carbocycles. The summed E-state index contributed by atoms with van der Waals surface area (Å²) < 4.78 is 29.9. The van der Waals surface area contributed by atoms with Gasteiger partial charge in [0.1, 0.15) is 11.6 Å². The Hall–Kier alpha value is -3.58. The van der Waals surface area contributed by atoms with E-state index in [1.165, 1.54) is 12.1 Å². The number of ether oxygens (including phenoxy) is 3. The minimum atomic E-state index is -0.259. The maximum Gasteiger partial charge on any atom is 0.251 e. The fraction of sp³-hybridized carbons (Fsp3) is 0.321. The van der Waals surface area contributed by atoms with Crippen LogP contribution in [0.1, 0.15) is 40.0 Å². The molecule has 3 aromatic rings. The van der Waals surface area contributed by atoms with E-state index in [1.54, 1.807) is 51.7 Å². The van der Waals surface area contributed by atoms with Crippen molar-refractivity contribution in [1.82, 2.24) is 10.2 Å². The topological polar surface area (TPSA) is 60.0 Å². The predicted octanol–water partition coefficient (Wildman–Crippen LogP) is 4.77. The van der Waals surface area contributed by atoms with E-state index in [-0.39, 0.29) is 23.8 Å². The summed E-state index contributed by atoms with van der Waals surface area (Å²) in [6.45, 7) is 3.41. The number of nitrogens with zero attached hydrogens (tertiary/aromatic N) is 1. The van der Waals surface area contributed by atoms with Crippen molar-refractivity contribution in [3.05, 3.63) is 88.7 Å². The highest BCUT2D eigenvalue weighted by Gasteiger charge is 2.34. The minimum absolute atomic E-state index is 0.127. The molecular formula is C28H31FN2O4. The molecule has 2 atom stereocenters. The lowest BCUT2D eigenvalue weighted by atomic mass is 9.87. The van der Waals surface area contributed by atoms with E-state index in [9.17, 15) is 9.18 Å². The summed E-state index contributed by atoms with van der Waals surface area (Å²) in [5, 5.41) is 3.18. The van der Waals surface area contributed by atoms with Gasteiger partial charge in [-0.25, -0.2) is 4.39 Å². The predicted molar refractivity (Wildman–Crippen MR) is 133 cm³/mol. The van der Waals surface area contributed by atoms with Crippen LogP contribution in [-0.2, 0) is 13.0 Å². The number of nitrogens with one attached hydrogen (secondary N) is 1. The number of rotatable bonds is 8. The molecule has 0 saturated heterocycles. The molecule has 6 nitrogen and oxygen atoms in total. The Morgan fingerprint density at radius 2 is 1.74 bits per heavy atom. The fourth-order valence-electron chi connectivity index (χ4n) is 4.75. The molecule has 0 spiro atoms. The molecular weight excluding hydrogens is 447 g/mol. The largest absolute Gasteiger partial charge is 0.497 e. The molecule has 1 aliphatic rings. The van der Waals surface area contributed by atoms with Crippen LogP contribution < -0.4 is 19.5 Å². The third kappa shape index (κ3) is 5.41. The van der Waals surface area contributed by atoms with Crippen LogP contribution in [0, 0.1) is 5.82 Å². The molecule has 4 rings (SSSR count). The van der Waals surface area contributed by atoms with Gasteiger partial charge in [0, 0.05) is 24.7 Å². The standard InChI is InChI=1S/C28H31FN2O4/c1-18(30-28(32)21-6-5-7-23(14-21)33-2)27-24-16-26(35-4)25(34-3)15-20(24)12-13-31(27)17-19-8-10-22(29)11-9-19/h5-11,14-16,18,27H,12-13,17H2,1-4H3,(H,30,32). The van der Waals surface area contributed by atoms with Crippen molar-refractivity contribution in [2.45, 2.75) is 32.0 Å². The van der Waals surface area contributed by atoms with Crippen molar-refractivity contribution in [2.75, 3.05) is 27.9 Å². The second-order valence-corrected chi connectivity index (χ2v) is 8.69. The van der Waals surface area contributed by atoms with E-state index in [1.807, 2.05) is 25.1 Å². The van der Waals surface area contributed by atoms with E-state index in [0.717, 1.165) is 29.7 Å². The number of hydrogen-bond donors (Lipinski definition) is 1. The van der Waals surface area contributed by atoms with Gasteiger partial charge < -0.3 is 19.5 Å². The Labute approximate surface area is 205 Å². The van der Waals surface area contributed by atoms with Crippen LogP contribution in [0.5, 0.6) is 17.2 Å². The van der Waals surface area contributed by atoms with E-state index in [0.29, 0.717) is 29.4 Å². The lowest BCUT2D eigenvalue weighted by Gasteiger charge is -2.41. The number of fused-ring (bicyclic) bond motifs is 1. The van der Waals surface area contributed by atoms with Gasteiger partial charge in [-0.3, -0.25) is 9.69 Å². The first-order chi connectivity index (χ1) is 16.9. The molecule has 3 aromatic carbocycles. The number of hydrogen-bond acceptors (Lipinski definition) is 5. The highest BCUT2D eigenvalue weighted by molar-refractivity contribution is 5.94. The van der Waals surface area contributed by atoms with Gasteiger partial charge >= 0.3 is 0 Å². The van der Waals surface area contributed by atoms with Crippen molar-refractivity contribution in [2.24, 2.45) is 0 Å².